The lowest BCUT2D eigenvalue weighted by Crippen LogP contribution is -2.44. The SMILES string of the molecule is COc1ccc([C@H](C(=O)NC2CCCCC2)N2CCCC2)cc1. The predicted molar refractivity (Wildman–Crippen MR) is 91.6 cm³/mol. The molecule has 1 atom stereocenters. The Labute approximate surface area is 139 Å². The van der Waals surface area contributed by atoms with Crippen LogP contribution < -0.4 is 10.1 Å². The first-order valence-corrected chi connectivity index (χ1v) is 8.96. The van der Waals surface area contributed by atoms with Crippen molar-refractivity contribution in [3.63, 3.8) is 0 Å². The van der Waals surface area contributed by atoms with Gasteiger partial charge in [-0.3, -0.25) is 9.69 Å². The van der Waals surface area contributed by atoms with E-state index in [2.05, 4.69) is 10.2 Å². The van der Waals surface area contributed by atoms with Crippen molar-refractivity contribution in [2.24, 2.45) is 0 Å². The molecule has 0 unspecified atom stereocenters. The Morgan fingerprint density at radius 2 is 1.74 bits per heavy atom. The highest BCUT2D eigenvalue weighted by molar-refractivity contribution is 5.83. The van der Waals surface area contributed by atoms with Crippen LogP contribution >= 0.6 is 0 Å². The Kier molecular flexibility index (Phi) is 5.55. The van der Waals surface area contributed by atoms with Crippen molar-refractivity contribution in [2.45, 2.75) is 57.0 Å². The minimum atomic E-state index is -0.162. The van der Waals surface area contributed by atoms with E-state index in [0.29, 0.717) is 6.04 Å². The second kappa shape index (κ2) is 7.82. The van der Waals surface area contributed by atoms with Crippen LogP contribution in [0.3, 0.4) is 0 Å². The number of carbonyl (C=O) groups is 1. The normalized spacial score (nSPS) is 21.1. The van der Waals surface area contributed by atoms with Crippen molar-refractivity contribution in [1.82, 2.24) is 10.2 Å². The number of hydrogen-bond donors (Lipinski definition) is 1. The Morgan fingerprint density at radius 3 is 2.35 bits per heavy atom. The molecule has 126 valence electrons. The second-order valence-corrected chi connectivity index (χ2v) is 6.76. The van der Waals surface area contributed by atoms with Gasteiger partial charge in [0.2, 0.25) is 5.91 Å². The molecule has 1 heterocycles. The van der Waals surface area contributed by atoms with E-state index >= 15 is 0 Å². The summed E-state index contributed by atoms with van der Waals surface area (Å²) in [6.07, 6.45) is 8.40. The monoisotopic (exact) mass is 316 g/mol. The van der Waals surface area contributed by atoms with Crippen molar-refractivity contribution >= 4 is 5.91 Å². The molecule has 1 saturated heterocycles. The van der Waals surface area contributed by atoms with E-state index in [1.54, 1.807) is 7.11 Å². The average molecular weight is 316 g/mol. The highest BCUT2D eigenvalue weighted by atomic mass is 16.5. The lowest BCUT2D eigenvalue weighted by Gasteiger charge is -2.30. The molecule has 4 nitrogen and oxygen atoms in total. The molecule has 2 aliphatic rings. The zero-order chi connectivity index (χ0) is 16.1. The van der Waals surface area contributed by atoms with Gasteiger partial charge >= 0.3 is 0 Å². The number of methoxy groups -OCH3 is 1. The van der Waals surface area contributed by atoms with Gasteiger partial charge in [-0.15, -0.1) is 0 Å². The molecule has 0 aromatic heterocycles. The summed E-state index contributed by atoms with van der Waals surface area (Å²) in [7, 11) is 1.67. The van der Waals surface area contributed by atoms with Gasteiger partial charge in [-0.2, -0.15) is 0 Å². The van der Waals surface area contributed by atoms with Gasteiger partial charge in [-0.05, 0) is 56.5 Å². The van der Waals surface area contributed by atoms with Crippen LogP contribution in [0.5, 0.6) is 5.75 Å². The number of nitrogens with zero attached hydrogens (tertiary/aromatic N) is 1. The van der Waals surface area contributed by atoms with E-state index in [0.717, 1.165) is 37.2 Å². The summed E-state index contributed by atoms with van der Waals surface area (Å²) >= 11 is 0. The van der Waals surface area contributed by atoms with Gasteiger partial charge in [0.25, 0.3) is 0 Å². The Bertz CT molecular complexity index is 503. The van der Waals surface area contributed by atoms with Crippen LogP contribution in [0.25, 0.3) is 0 Å². The van der Waals surface area contributed by atoms with Gasteiger partial charge < -0.3 is 10.1 Å². The molecule has 0 bridgehead atoms. The number of nitrogens with one attached hydrogen (secondary N) is 1. The molecule has 1 N–H and O–H groups in total. The molecule has 1 aliphatic heterocycles. The molecule has 1 aromatic carbocycles. The number of likely N-dealkylation sites (tertiary alicyclic amines) is 1. The molecule has 4 heteroatoms. The number of ether oxygens (including phenoxy) is 1. The van der Waals surface area contributed by atoms with Crippen LogP contribution in [-0.4, -0.2) is 37.0 Å². The van der Waals surface area contributed by atoms with E-state index in [-0.39, 0.29) is 11.9 Å². The summed E-state index contributed by atoms with van der Waals surface area (Å²) in [4.78, 5) is 15.3. The van der Waals surface area contributed by atoms with Gasteiger partial charge in [0, 0.05) is 6.04 Å². The molecule has 1 aliphatic carbocycles. The molecule has 2 fully saturated rings. The van der Waals surface area contributed by atoms with Crippen LogP contribution in [0.15, 0.2) is 24.3 Å². The number of amides is 1. The van der Waals surface area contributed by atoms with E-state index in [1.807, 2.05) is 24.3 Å². The lowest BCUT2D eigenvalue weighted by atomic mass is 9.94. The second-order valence-electron chi connectivity index (χ2n) is 6.76. The van der Waals surface area contributed by atoms with Crippen molar-refractivity contribution in [3.8, 4) is 5.75 Å². The summed E-state index contributed by atoms with van der Waals surface area (Å²) < 4.78 is 5.24. The number of benzene rings is 1. The van der Waals surface area contributed by atoms with E-state index in [9.17, 15) is 4.79 Å². The predicted octanol–water partition coefficient (Wildman–Crippen LogP) is 3.28. The van der Waals surface area contributed by atoms with Crippen molar-refractivity contribution in [1.29, 1.82) is 0 Å². The highest BCUT2D eigenvalue weighted by Crippen LogP contribution is 2.28. The zero-order valence-corrected chi connectivity index (χ0v) is 14.1. The molecule has 0 spiro atoms. The lowest BCUT2D eigenvalue weighted by molar-refractivity contribution is -0.127. The standard InChI is InChI=1S/C19H28N2O2/c1-23-17-11-9-15(10-12-17)18(21-13-5-6-14-21)19(22)20-16-7-3-2-4-8-16/h9-12,16,18H,2-8,13-14H2,1H3,(H,20,22)/t18-/m1/s1. The first-order valence-electron chi connectivity index (χ1n) is 8.96. The summed E-state index contributed by atoms with van der Waals surface area (Å²) in [6, 6.07) is 8.16. The Hall–Kier alpha value is -1.55. The van der Waals surface area contributed by atoms with Crippen LogP contribution in [0.2, 0.25) is 0 Å². The largest absolute Gasteiger partial charge is 0.497 e. The molecular formula is C19H28N2O2. The highest BCUT2D eigenvalue weighted by Gasteiger charge is 2.31. The van der Waals surface area contributed by atoms with Gasteiger partial charge in [0.15, 0.2) is 0 Å². The van der Waals surface area contributed by atoms with Gasteiger partial charge in [0.05, 0.1) is 7.11 Å². The Morgan fingerprint density at radius 1 is 1.09 bits per heavy atom. The van der Waals surface area contributed by atoms with Crippen LogP contribution in [0.4, 0.5) is 0 Å². The number of rotatable bonds is 5. The summed E-state index contributed by atoms with van der Waals surface area (Å²) in [5.41, 5.74) is 1.07. The fraction of sp³-hybridized carbons (Fsp3) is 0.632. The topological polar surface area (TPSA) is 41.6 Å². The molecule has 1 saturated carbocycles. The molecule has 1 amide bonds. The molecular weight excluding hydrogens is 288 g/mol. The fourth-order valence-electron chi connectivity index (χ4n) is 3.84. The third kappa shape index (κ3) is 4.05. The maximum absolute atomic E-state index is 13.0. The maximum Gasteiger partial charge on any atom is 0.242 e. The van der Waals surface area contributed by atoms with Gasteiger partial charge in [-0.1, -0.05) is 31.4 Å². The Balaban J connectivity index is 1.74. The summed E-state index contributed by atoms with van der Waals surface area (Å²) in [5.74, 6) is 1.01. The van der Waals surface area contributed by atoms with Crippen LogP contribution in [0.1, 0.15) is 56.6 Å². The molecule has 0 radical (unpaired) electrons. The maximum atomic E-state index is 13.0. The number of hydrogen-bond acceptors (Lipinski definition) is 3. The molecule has 3 rings (SSSR count). The first kappa shape index (κ1) is 16.3. The smallest absolute Gasteiger partial charge is 0.242 e. The molecule has 23 heavy (non-hydrogen) atoms. The minimum Gasteiger partial charge on any atom is -0.497 e. The average Bonchev–Trinajstić information content (AvgIpc) is 3.11. The summed E-state index contributed by atoms with van der Waals surface area (Å²) in [5, 5.41) is 3.31. The number of carbonyl (C=O) groups excluding carboxylic acids is 1. The molecule has 1 aromatic rings. The minimum absolute atomic E-state index is 0.162. The fourth-order valence-corrected chi connectivity index (χ4v) is 3.84. The first-order chi connectivity index (χ1) is 11.3. The third-order valence-corrected chi connectivity index (χ3v) is 5.14. The van der Waals surface area contributed by atoms with Gasteiger partial charge in [-0.25, -0.2) is 0 Å². The van der Waals surface area contributed by atoms with Crippen LogP contribution in [0, 0.1) is 0 Å². The van der Waals surface area contributed by atoms with E-state index in [1.165, 1.54) is 32.1 Å². The quantitative estimate of drug-likeness (QED) is 0.906. The van der Waals surface area contributed by atoms with Crippen molar-refractivity contribution in [2.75, 3.05) is 20.2 Å². The van der Waals surface area contributed by atoms with E-state index < -0.39 is 0 Å². The van der Waals surface area contributed by atoms with Crippen LogP contribution in [-0.2, 0) is 4.79 Å². The van der Waals surface area contributed by atoms with E-state index in [4.69, 9.17) is 4.74 Å². The van der Waals surface area contributed by atoms with Gasteiger partial charge in [0.1, 0.15) is 11.8 Å². The van der Waals surface area contributed by atoms with Crippen molar-refractivity contribution < 1.29 is 9.53 Å². The van der Waals surface area contributed by atoms with Crippen molar-refractivity contribution in [3.05, 3.63) is 29.8 Å². The third-order valence-electron chi connectivity index (χ3n) is 5.14. The zero-order valence-electron chi connectivity index (χ0n) is 14.1. The summed E-state index contributed by atoms with van der Waals surface area (Å²) in [6.45, 7) is 2.02.